The number of hydrogen-bond acceptors (Lipinski definition) is 3. The topological polar surface area (TPSA) is 24.9 Å². The molecule has 90 valence electrons. The number of aromatic nitrogens is 1. The fourth-order valence-electron chi connectivity index (χ4n) is 1.93. The first-order valence-corrected chi connectivity index (χ1v) is 6.75. The van der Waals surface area contributed by atoms with E-state index in [1.54, 1.807) is 11.3 Å². The Labute approximate surface area is 107 Å². The van der Waals surface area contributed by atoms with Gasteiger partial charge in [-0.1, -0.05) is 23.8 Å². The molecular formula is C14H18N2S. The van der Waals surface area contributed by atoms with E-state index in [2.05, 4.69) is 47.7 Å². The lowest BCUT2D eigenvalue weighted by Gasteiger charge is -2.05. The van der Waals surface area contributed by atoms with Gasteiger partial charge in [0.1, 0.15) is 0 Å². The van der Waals surface area contributed by atoms with Crippen molar-refractivity contribution in [2.75, 3.05) is 12.4 Å². The quantitative estimate of drug-likeness (QED) is 0.891. The van der Waals surface area contributed by atoms with E-state index in [1.165, 1.54) is 22.4 Å². The van der Waals surface area contributed by atoms with Crippen molar-refractivity contribution in [2.45, 2.75) is 26.7 Å². The van der Waals surface area contributed by atoms with Crippen LogP contribution in [0.3, 0.4) is 0 Å². The van der Waals surface area contributed by atoms with E-state index in [-0.39, 0.29) is 0 Å². The summed E-state index contributed by atoms with van der Waals surface area (Å²) in [4.78, 5) is 4.50. The van der Waals surface area contributed by atoms with Crippen molar-refractivity contribution in [3.8, 4) is 0 Å². The Hall–Kier alpha value is -1.35. The molecule has 0 atom stereocenters. The van der Waals surface area contributed by atoms with Gasteiger partial charge in [0.15, 0.2) is 5.13 Å². The summed E-state index contributed by atoms with van der Waals surface area (Å²) >= 11 is 1.67. The van der Waals surface area contributed by atoms with Crippen LogP contribution < -0.4 is 5.32 Å². The fourth-order valence-corrected chi connectivity index (χ4v) is 2.63. The standard InChI is InChI=1S/C14H18N2S/c1-10-4-5-12(11(2)8-10)6-7-13-9-17-14(15-3)16-13/h4-5,8-9H,6-7H2,1-3H3,(H,15,16). The van der Waals surface area contributed by atoms with Crippen molar-refractivity contribution >= 4 is 16.5 Å². The van der Waals surface area contributed by atoms with E-state index in [1.807, 2.05) is 7.05 Å². The number of nitrogens with one attached hydrogen (secondary N) is 1. The van der Waals surface area contributed by atoms with Crippen LogP contribution in [0.2, 0.25) is 0 Å². The van der Waals surface area contributed by atoms with Crippen LogP contribution in [0.4, 0.5) is 5.13 Å². The molecular weight excluding hydrogens is 228 g/mol. The highest BCUT2D eigenvalue weighted by atomic mass is 32.1. The molecule has 0 aliphatic rings. The molecule has 0 radical (unpaired) electrons. The average Bonchev–Trinajstić information content (AvgIpc) is 2.76. The molecule has 0 unspecified atom stereocenters. The van der Waals surface area contributed by atoms with Crippen molar-refractivity contribution < 1.29 is 0 Å². The third-order valence-electron chi connectivity index (χ3n) is 2.91. The van der Waals surface area contributed by atoms with E-state index < -0.39 is 0 Å². The largest absolute Gasteiger partial charge is 0.365 e. The van der Waals surface area contributed by atoms with Crippen molar-refractivity contribution in [1.82, 2.24) is 4.98 Å². The van der Waals surface area contributed by atoms with E-state index >= 15 is 0 Å². The third kappa shape index (κ3) is 3.07. The molecule has 2 aromatic rings. The molecule has 0 saturated carbocycles. The Balaban J connectivity index is 2.02. The number of nitrogens with zero attached hydrogens (tertiary/aromatic N) is 1. The summed E-state index contributed by atoms with van der Waals surface area (Å²) in [7, 11) is 1.91. The van der Waals surface area contributed by atoms with E-state index in [0.717, 1.165) is 18.0 Å². The predicted molar refractivity (Wildman–Crippen MR) is 75.0 cm³/mol. The highest BCUT2D eigenvalue weighted by Crippen LogP contribution is 2.17. The molecule has 1 aromatic heterocycles. The van der Waals surface area contributed by atoms with Gasteiger partial charge in [-0.25, -0.2) is 4.98 Å². The van der Waals surface area contributed by atoms with Crippen LogP contribution in [0, 0.1) is 13.8 Å². The lowest BCUT2D eigenvalue weighted by atomic mass is 10.0. The molecule has 0 spiro atoms. The highest BCUT2D eigenvalue weighted by molar-refractivity contribution is 7.13. The first kappa shape index (κ1) is 12.1. The van der Waals surface area contributed by atoms with Crippen LogP contribution >= 0.6 is 11.3 Å². The summed E-state index contributed by atoms with van der Waals surface area (Å²) in [6.07, 6.45) is 2.08. The summed E-state index contributed by atoms with van der Waals surface area (Å²) in [6, 6.07) is 6.66. The molecule has 0 aliphatic heterocycles. The molecule has 1 aromatic carbocycles. The second-order valence-electron chi connectivity index (χ2n) is 4.32. The van der Waals surface area contributed by atoms with E-state index in [4.69, 9.17) is 0 Å². The monoisotopic (exact) mass is 246 g/mol. The van der Waals surface area contributed by atoms with Crippen LogP contribution in [0.15, 0.2) is 23.6 Å². The first-order chi connectivity index (χ1) is 8.19. The molecule has 0 amide bonds. The Morgan fingerprint density at radius 1 is 1.24 bits per heavy atom. The molecule has 17 heavy (non-hydrogen) atoms. The van der Waals surface area contributed by atoms with Crippen LogP contribution in [0.1, 0.15) is 22.4 Å². The molecule has 3 heteroatoms. The minimum absolute atomic E-state index is 1.00. The normalized spacial score (nSPS) is 10.5. The SMILES string of the molecule is CNc1nc(CCc2ccc(C)cc2C)cs1. The Bertz CT molecular complexity index is 503. The number of benzene rings is 1. The minimum atomic E-state index is 1.00. The highest BCUT2D eigenvalue weighted by Gasteiger charge is 2.03. The number of hydrogen-bond donors (Lipinski definition) is 1. The minimum Gasteiger partial charge on any atom is -0.365 e. The van der Waals surface area contributed by atoms with Crippen molar-refractivity contribution in [3.05, 3.63) is 46.0 Å². The molecule has 0 saturated heterocycles. The maximum absolute atomic E-state index is 4.50. The third-order valence-corrected chi connectivity index (χ3v) is 3.82. The zero-order valence-electron chi connectivity index (χ0n) is 10.6. The summed E-state index contributed by atoms with van der Waals surface area (Å²) < 4.78 is 0. The smallest absolute Gasteiger partial charge is 0.182 e. The molecule has 0 aliphatic carbocycles. The first-order valence-electron chi connectivity index (χ1n) is 5.87. The Morgan fingerprint density at radius 2 is 2.06 bits per heavy atom. The number of anilines is 1. The maximum Gasteiger partial charge on any atom is 0.182 e. The summed E-state index contributed by atoms with van der Waals surface area (Å²) in [5.74, 6) is 0. The molecule has 2 nitrogen and oxygen atoms in total. The molecule has 0 fully saturated rings. The van der Waals surface area contributed by atoms with Crippen LogP contribution in [0.25, 0.3) is 0 Å². The van der Waals surface area contributed by atoms with Gasteiger partial charge in [0.05, 0.1) is 5.69 Å². The van der Waals surface area contributed by atoms with Gasteiger partial charge < -0.3 is 5.32 Å². The van der Waals surface area contributed by atoms with Crippen LogP contribution in [-0.4, -0.2) is 12.0 Å². The van der Waals surface area contributed by atoms with Crippen LogP contribution in [0.5, 0.6) is 0 Å². The van der Waals surface area contributed by atoms with Gasteiger partial charge >= 0.3 is 0 Å². The van der Waals surface area contributed by atoms with E-state index in [9.17, 15) is 0 Å². The summed E-state index contributed by atoms with van der Waals surface area (Å²) in [6.45, 7) is 4.32. The second kappa shape index (κ2) is 5.32. The Morgan fingerprint density at radius 3 is 2.71 bits per heavy atom. The predicted octanol–water partition coefficient (Wildman–Crippen LogP) is 3.59. The fraction of sp³-hybridized carbons (Fsp3) is 0.357. The van der Waals surface area contributed by atoms with Gasteiger partial charge in [0, 0.05) is 12.4 Å². The van der Waals surface area contributed by atoms with Gasteiger partial charge in [-0.3, -0.25) is 0 Å². The molecule has 1 N–H and O–H groups in total. The average molecular weight is 246 g/mol. The maximum atomic E-state index is 4.50. The van der Waals surface area contributed by atoms with Gasteiger partial charge in [-0.15, -0.1) is 11.3 Å². The second-order valence-corrected chi connectivity index (χ2v) is 5.18. The van der Waals surface area contributed by atoms with Crippen molar-refractivity contribution in [1.29, 1.82) is 0 Å². The number of rotatable bonds is 4. The molecule has 0 bridgehead atoms. The lowest BCUT2D eigenvalue weighted by molar-refractivity contribution is 0.917. The number of aryl methyl sites for hydroxylation is 4. The van der Waals surface area contributed by atoms with Gasteiger partial charge in [0.25, 0.3) is 0 Å². The Kier molecular flexibility index (Phi) is 3.79. The zero-order valence-corrected chi connectivity index (χ0v) is 11.4. The molecule has 1 heterocycles. The zero-order chi connectivity index (χ0) is 12.3. The van der Waals surface area contributed by atoms with Gasteiger partial charge in [-0.05, 0) is 37.8 Å². The summed E-state index contributed by atoms with van der Waals surface area (Å²) in [5.41, 5.74) is 5.32. The number of thiazole rings is 1. The van der Waals surface area contributed by atoms with Crippen molar-refractivity contribution in [2.24, 2.45) is 0 Å². The van der Waals surface area contributed by atoms with Gasteiger partial charge in [0.2, 0.25) is 0 Å². The van der Waals surface area contributed by atoms with Crippen LogP contribution in [-0.2, 0) is 12.8 Å². The van der Waals surface area contributed by atoms with Gasteiger partial charge in [-0.2, -0.15) is 0 Å². The lowest BCUT2D eigenvalue weighted by Crippen LogP contribution is -1.95. The molecule has 2 rings (SSSR count). The van der Waals surface area contributed by atoms with Crippen molar-refractivity contribution in [3.63, 3.8) is 0 Å². The summed E-state index contributed by atoms with van der Waals surface area (Å²) in [5, 5.41) is 6.21. The van der Waals surface area contributed by atoms with E-state index in [0.29, 0.717) is 0 Å².